The van der Waals surface area contributed by atoms with Gasteiger partial charge < -0.3 is 25.8 Å². The number of halogens is 2. The lowest BCUT2D eigenvalue weighted by atomic mass is 9.94. The minimum Gasteiger partial charge on any atom is -0.394 e. The molecule has 2 aromatic rings. The van der Waals surface area contributed by atoms with E-state index in [-0.39, 0.29) is 17.1 Å². The lowest BCUT2D eigenvalue weighted by Gasteiger charge is -2.30. The minimum absolute atomic E-state index is 0.207. The number of nitrogen functional groups attached to an aromatic ring is 1. The van der Waals surface area contributed by atoms with E-state index in [0.29, 0.717) is 0 Å². The van der Waals surface area contributed by atoms with Crippen LogP contribution in [0.2, 0.25) is 0 Å². The van der Waals surface area contributed by atoms with Crippen molar-refractivity contribution in [3.63, 3.8) is 0 Å². The van der Waals surface area contributed by atoms with Crippen LogP contribution in [0.15, 0.2) is 11.1 Å². The number of nitrogens with one attached hydrogen (secondary N) is 1. The fourth-order valence-corrected chi connectivity index (χ4v) is 2.58. The van der Waals surface area contributed by atoms with Gasteiger partial charge in [0.2, 0.25) is 5.95 Å². The zero-order valence-electron chi connectivity index (χ0n) is 11.4. The molecule has 1 aliphatic rings. The van der Waals surface area contributed by atoms with Crippen molar-refractivity contribution in [1.82, 2.24) is 19.5 Å². The van der Waals surface area contributed by atoms with Crippen molar-refractivity contribution in [3.8, 4) is 0 Å². The van der Waals surface area contributed by atoms with Crippen LogP contribution in [-0.4, -0.2) is 65.7 Å². The van der Waals surface area contributed by atoms with Crippen LogP contribution in [0.1, 0.15) is 6.23 Å². The summed E-state index contributed by atoms with van der Waals surface area (Å²) < 4.78 is 32.7. The molecule has 3 rings (SSSR count). The number of fused-ring (bicyclic) bond motifs is 1. The van der Waals surface area contributed by atoms with Crippen LogP contribution in [0, 0.1) is 0 Å². The molecule has 4 atom stereocenters. The summed E-state index contributed by atoms with van der Waals surface area (Å²) in [6.07, 6.45) is -7.79. The molecule has 10 nitrogen and oxygen atoms in total. The molecule has 0 aromatic carbocycles. The maximum Gasteiger partial charge on any atom is 0.280 e. The van der Waals surface area contributed by atoms with Crippen molar-refractivity contribution in [1.29, 1.82) is 0 Å². The number of anilines is 1. The number of alkyl halides is 2. The number of aromatic amines is 1. The molecule has 0 bridgehead atoms. The van der Waals surface area contributed by atoms with Gasteiger partial charge in [0, 0.05) is 0 Å². The van der Waals surface area contributed by atoms with Gasteiger partial charge in [0.1, 0.15) is 12.2 Å². The Labute approximate surface area is 126 Å². The van der Waals surface area contributed by atoms with Gasteiger partial charge in [0.05, 0.1) is 12.9 Å². The number of aromatic nitrogens is 4. The average molecular weight is 333 g/mol. The Balaban J connectivity index is 2.19. The second-order valence-corrected chi connectivity index (χ2v) is 5.12. The number of nitrogens with zero attached hydrogens (tertiary/aromatic N) is 3. The van der Waals surface area contributed by atoms with Gasteiger partial charge in [-0.05, 0) is 0 Å². The first-order chi connectivity index (χ1) is 10.8. The van der Waals surface area contributed by atoms with Crippen molar-refractivity contribution in [2.45, 2.75) is 30.5 Å². The standard InChI is InChI=1S/C11H13F2N5O5/c12-8(13)11(22)5(20)3(1-19)23-9(11)18-2-15-4-6(18)16-10(14)17-7(4)21/h2-3,5,8-9,19-20,22H,1H2,(H3,14,16,17,21)/t3-,5-,9-,11+/m1/s1. The second-order valence-electron chi connectivity index (χ2n) is 5.12. The summed E-state index contributed by atoms with van der Waals surface area (Å²) in [5, 5.41) is 29.2. The van der Waals surface area contributed by atoms with Crippen molar-refractivity contribution < 1.29 is 28.8 Å². The molecule has 23 heavy (non-hydrogen) atoms. The summed E-state index contributed by atoms with van der Waals surface area (Å²) in [5.41, 5.74) is 1.26. The molecule has 1 fully saturated rings. The van der Waals surface area contributed by atoms with E-state index in [1.165, 1.54) is 0 Å². The van der Waals surface area contributed by atoms with E-state index in [0.717, 1.165) is 10.9 Å². The number of hydrogen-bond donors (Lipinski definition) is 5. The molecular formula is C11H13F2N5O5. The number of ether oxygens (including phenoxy) is 1. The summed E-state index contributed by atoms with van der Waals surface area (Å²) >= 11 is 0. The summed E-state index contributed by atoms with van der Waals surface area (Å²) in [6.45, 7) is -0.796. The fourth-order valence-electron chi connectivity index (χ4n) is 2.58. The first-order valence-electron chi connectivity index (χ1n) is 6.48. The van der Waals surface area contributed by atoms with E-state index in [4.69, 9.17) is 15.6 Å². The van der Waals surface area contributed by atoms with Crippen LogP contribution in [-0.2, 0) is 4.74 Å². The molecule has 0 saturated carbocycles. The van der Waals surface area contributed by atoms with Crippen LogP contribution in [0.25, 0.3) is 11.2 Å². The lowest BCUT2D eigenvalue weighted by molar-refractivity contribution is -0.184. The Kier molecular flexibility index (Phi) is 3.55. The van der Waals surface area contributed by atoms with Crippen LogP contribution >= 0.6 is 0 Å². The molecular weight excluding hydrogens is 320 g/mol. The summed E-state index contributed by atoms with van der Waals surface area (Å²) in [4.78, 5) is 21.4. The van der Waals surface area contributed by atoms with E-state index in [9.17, 15) is 23.8 Å². The van der Waals surface area contributed by atoms with E-state index in [1.807, 2.05) is 0 Å². The quantitative estimate of drug-likeness (QED) is 0.429. The monoisotopic (exact) mass is 333 g/mol. The average Bonchev–Trinajstić information content (AvgIpc) is 3.00. The molecule has 1 saturated heterocycles. The van der Waals surface area contributed by atoms with Crippen LogP contribution < -0.4 is 11.3 Å². The van der Waals surface area contributed by atoms with Gasteiger partial charge >= 0.3 is 0 Å². The second kappa shape index (κ2) is 5.19. The highest BCUT2D eigenvalue weighted by molar-refractivity contribution is 5.70. The van der Waals surface area contributed by atoms with Gasteiger partial charge in [-0.15, -0.1) is 0 Å². The lowest BCUT2D eigenvalue weighted by Crippen LogP contribution is -2.52. The van der Waals surface area contributed by atoms with E-state index in [2.05, 4.69) is 15.0 Å². The highest BCUT2D eigenvalue weighted by Gasteiger charge is 2.62. The minimum atomic E-state index is -3.41. The summed E-state index contributed by atoms with van der Waals surface area (Å²) in [7, 11) is 0. The van der Waals surface area contributed by atoms with E-state index >= 15 is 0 Å². The van der Waals surface area contributed by atoms with Crippen LogP contribution in [0.4, 0.5) is 14.7 Å². The largest absolute Gasteiger partial charge is 0.394 e. The normalized spacial score (nSPS) is 31.3. The molecule has 0 unspecified atom stereocenters. The van der Waals surface area contributed by atoms with Gasteiger partial charge in [-0.3, -0.25) is 14.3 Å². The Morgan fingerprint density at radius 1 is 1.57 bits per heavy atom. The van der Waals surface area contributed by atoms with E-state index < -0.39 is 42.6 Å². The molecule has 1 aliphatic heterocycles. The van der Waals surface area contributed by atoms with Gasteiger partial charge in [0.15, 0.2) is 23.0 Å². The van der Waals surface area contributed by atoms with Crippen molar-refractivity contribution in [2.24, 2.45) is 0 Å². The van der Waals surface area contributed by atoms with Crippen LogP contribution in [0.3, 0.4) is 0 Å². The highest BCUT2D eigenvalue weighted by Crippen LogP contribution is 2.43. The molecule has 126 valence electrons. The third-order valence-electron chi connectivity index (χ3n) is 3.76. The van der Waals surface area contributed by atoms with Gasteiger partial charge in [-0.25, -0.2) is 13.8 Å². The molecule has 2 aromatic heterocycles. The van der Waals surface area contributed by atoms with Gasteiger partial charge in [-0.2, -0.15) is 4.98 Å². The predicted octanol–water partition coefficient (Wildman–Crippen LogP) is -2.05. The smallest absolute Gasteiger partial charge is 0.280 e. The molecule has 0 radical (unpaired) electrons. The number of aliphatic hydroxyl groups is 3. The van der Waals surface area contributed by atoms with Gasteiger partial charge in [-0.1, -0.05) is 0 Å². The maximum atomic E-state index is 13.4. The zero-order valence-corrected chi connectivity index (χ0v) is 11.4. The summed E-state index contributed by atoms with van der Waals surface area (Å²) in [6, 6.07) is 0. The Bertz CT molecular complexity index is 795. The Morgan fingerprint density at radius 2 is 2.26 bits per heavy atom. The van der Waals surface area contributed by atoms with Crippen molar-refractivity contribution >= 4 is 17.1 Å². The first-order valence-corrected chi connectivity index (χ1v) is 6.48. The van der Waals surface area contributed by atoms with Crippen molar-refractivity contribution in [2.75, 3.05) is 12.3 Å². The fraction of sp³-hybridized carbons (Fsp3) is 0.545. The zero-order chi connectivity index (χ0) is 16.9. The number of nitrogens with two attached hydrogens (primary N) is 1. The number of H-pyrrole nitrogens is 1. The Hall–Kier alpha value is -2.15. The number of hydrogen-bond acceptors (Lipinski definition) is 8. The molecule has 3 heterocycles. The number of imidazole rings is 1. The maximum absolute atomic E-state index is 13.4. The third kappa shape index (κ3) is 2.10. The summed E-state index contributed by atoms with van der Waals surface area (Å²) in [5.74, 6) is -0.290. The first kappa shape index (κ1) is 15.7. The molecule has 12 heteroatoms. The predicted molar refractivity (Wildman–Crippen MR) is 70.5 cm³/mol. The number of aliphatic hydroxyl groups excluding tert-OH is 2. The van der Waals surface area contributed by atoms with E-state index in [1.54, 1.807) is 0 Å². The third-order valence-corrected chi connectivity index (χ3v) is 3.76. The molecule has 6 N–H and O–H groups in total. The molecule has 0 amide bonds. The topological polar surface area (TPSA) is 160 Å². The molecule has 0 spiro atoms. The SMILES string of the molecule is Nc1nc2c(ncn2[C@@H]2O[C@H](CO)[C@@H](O)[C@]2(O)C(F)F)c(=O)[nH]1. The van der Waals surface area contributed by atoms with Gasteiger partial charge in [0.25, 0.3) is 12.0 Å². The number of rotatable bonds is 3. The highest BCUT2D eigenvalue weighted by atomic mass is 19.3. The van der Waals surface area contributed by atoms with Crippen molar-refractivity contribution in [3.05, 3.63) is 16.7 Å². The Morgan fingerprint density at radius 3 is 2.87 bits per heavy atom. The van der Waals surface area contributed by atoms with Crippen LogP contribution in [0.5, 0.6) is 0 Å². The molecule has 0 aliphatic carbocycles.